The maximum absolute atomic E-state index is 11.9. The Hall–Kier alpha value is -0.0600. The minimum atomic E-state index is -0.934. The molecule has 0 aromatic carbocycles. The second-order valence-corrected chi connectivity index (χ2v) is 7.05. The van der Waals surface area contributed by atoms with Crippen molar-refractivity contribution in [2.45, 2.75) is 110 Å². The van der Waals surface area contributed by atoms with Gasteiger partial charge in [0.15, 0.2) is 0 Å². The van der Waals surface area contributed by atoms with E-state index in [4.69, 9.17) is 5.11 Å². The van der Waals surface area contributed by atoms with Crippen LogP contribution in [0.5, 0.6) is 0 Å². The Morgan fingerprint density at radius 1 is 0.840 bits per heavy atom. The van der Waals surface area contributed by atoms with Gasteiger partial charge in [0.25, 0.3) is 0 Å². The first kappa shape index (κ1) is 27.2. The molecule has 0 radical (unpaired) electrons. The van der Waals surface area contributed by atoms with E-state index in [1.54, 1.807) is 0 Å². The molecule has 25 heavy (non-hydrogen) atoms. The Bertz CT molecular complexity index is 337. The number of hydrogen-bond donors (Lipinski definition) is 2. The van der Waals surface area contributed by atoms with Crippen LogP contribution in [0.3, 0.4) is 0 Å². The zero-order chi connectivity index (χ0) is 18.2. The third-order valence-electron chi connectivity index (χ3n) is 4.80. The molecule has 0 heterocycles. The number of rotatable bonds is 16. The maximum atomic E-state index is 11.9. The Morgan fingerprint density at radius 3 is 1.68 bits per heavy atom. The van der Waals surface area contributed by atoms with Gasteiger partial charge in [-0.3, -0.25) is 4.79 Å². The average molecular weight is 366 g/mol. The van der Waals surface area contributed by atoms with Crippen LogP contribution >= 0.6 is 0 Å². The van der Waals surface area contributed by atoms with Crippen LogP contribution in [0, 0.1) is 5.92 Å². The van der Waals surface area contributed by atoms with E-state index in [0.717, 1.165) is 19.3 Å². The summed E-state index contributed by atoms with van der Waals surface area (Å²) >= 11 is 0. The van der Waals surface area contributed by atoms with Crippen molar-refractivity contribution in [2.24, 2.45) is 5.92 Å². The number of carboxylic acid groups (broad SMARTS) is 1. The van der Waals surface area contributed by atoms with Gasteiger partial charge < -0.3 is 10.4 Å². The van der Waals surface area contributed by atoms with Crippen molar-refractivity contribution in [2.75, 3.05) is 0 Å². The van der Waals surface area contributed by atoms with E-state index >= 15 is 0 Å². The summed E-state index contributed by atoms with van der Waals surface area (Å²) in [5.41, 5.74) is 0. The molecule has 1 amide bonds. The quantitative estimate of drug-likeness (QED) is 0.309. The van der Waals surface area contributed by atoms with Gasteiger partial charge in [-0.05, 0) is 12.3 Å². The van der Waals surface area contributed by atoms with Crippen LogP contribution in [0.4, 0.5) is 0 Å². The standard InChI is InChI=1S/C20H39NO3.Na.H/c1-4-6-7-8-9-10-11-12-13-14-15-16-18(22)21-19(20(23)24)17(3)5-2;;/h17,19H,4-16H2,1-3H3,(H,21,22)(H,23,24);;. The van der Waals surface area contributed by atoms with Crippen molar-refractivity contribution in [1.29, 1.82) is 0 Å². The summed E-state index contributed by atoms with van der Waals surface area (Å²) in [6.45, 7) is 6.05. The van der Waals surface area contributed by atoms with Gasteiger partial charge in [0.05, 0.1) is 0 Å². The molecule has 0 saturated carbocycles. The number of carbonyl (C=O) groups is 2. The van der Waals surface area contributed by atoms with E-state index in [0.29, 0.717) is 6.42 Å². The Kier molecular flexibility index (Phi) is 20.3. The zero-order valence-electron chi connectivity index (χ0n) is 16.1. The molecule has 0 spiro atoms. The Balaban J connectivity index is 0. The first-order valence-electron chi connectivity index (χ1n) is 10.0. The molecule has 0 aliphatic rings. The molecule has 0 fully saturated rings. The fourth-order valence-electron chi connectivity index (χ4n) is 2.88. The van der Waals surface area contributed by atoms with Crippen LogP contribution in [-0.2, 0) is 9.59 Å². The van der Waals surface area contributed by atoms with Gasteiger partial charge in [-0.1, -0.05) is 91.4 Å². The van der Waals surface area contributed by atoms with Crippen molar-refractivity contribution in [3.8, 4) is 0 Å². The molecular formula is C20H40NNaO3. The van der Waals surface area contributed by atoms with Crippen LogP contribution in [0.25, 0.3) is 0 Å². The number of carboxylic acids is 1. The zero-order valence-corrected chi connectivity index (χ0v) is 16.1. The van der Waals surface area contributed by atoms with Crippen LogP contribution in [0.2, 0.25) is 0 Å². The Morgan fingerprint density at radius 2 is 1.28 bits per heavy atom. The average Bonchev–Trinajstić information content (AvgIpc) is 2.56. The van der Waals surface area contributed by atoms with Crippen LogP contribution in [0.15, 0.2) is 0 Å². The van der Waals surface area contributed by atoms with Gasteiger partial charge in [-0.2, -0.15) is 0 Å². The molecule has 5 heteroatoms. The van der Waals surface area contributed by atoms with Crippen molar-refractivity contribution in [3.63, 3.8) is 0 Å². The van der Waals surface area contributed by atoms with E-state index in [1.807, 2.05) is 13.8 Å². The van der Waals surface area contributed by atoms with E-state index in [1.165, 1.54) is 57.8 Å². The number of hydrogen-bond acceptors (Lipinski definition) is 2. The summed E-state index contributed by atoms with van der Waals surface area (Å²) in [7, 11) is 0. The predicted molar refractivity (Wildman–Crippen MR) is 107 cm³/mol. The van der Waals surface area contributed by atoms with Crippen LogP contribution in [-0.4, -0.2) is 52.6 Å². The molecule has 144 valence electrons. The topological polar surface area (TPSA) is 66.4 Å². The molecule has 0 aliphatic heterocycles. The molecule has 0 aliphatic carbocycles. The summed E-state index contributed by atoms with van der Waals surface area (Å²) in [5, 5.41) is 11.8. The normalized spacial score (nSPS) is 12.9. The minimum absolute atomic E-state index is 0. The van der Waals surface area contributed by atoms with E-state index in [2.05, 4.69) is 12.2 Å². The van der Waals surface area contributed by atoms with Gasteiger partial charge in [0.2, 0.25) is 5.91 Å². The molecule has 0 aromatic rings. The third kappa shape index (κ3) is 15.9. The SMILES string of the molecule is CCCCCCCCCCCCCC(=O)NC(C(=O)O)C(C)CC.[NaH]. The molecule has 0 bridgehead atoms. The van der Waals surface area contributed by atoms with Gasteiger partial charge in [0, 0.05) is 6.42 Å². The van der Waals surface area contributed by atoms with E-state index in [-0.39, 0.29) is 41.4 Å². The molecule has 2 atom stereocenters. The predicted octanol–water partition coefficient (Wildman–Crippen LogP) is 4.65. The molecule has 0 rings (SSSR count). The second kappa shape index (κ2) is 18.7. The number of aliphatic carboxylic acids is 1. The van der Waals surface area contributed by atoms with Crippen LogP contribution < -0.4 is 5.32 Å². The molecular weight excluding hydrogens is 325 g/mol. The summed E-state index contributed by atoms with van der Waals surface area (Å²) in [5.74, 6) is -1.10. The molecule has 0 aromatic heterocycles. The van der Waals surface area contributed by atoms with Gasteiger partial charge in [-0.25, -0.2) is 4.79 Å². The first-order valence-corrected chi connectivity index (χ1v) is 10.0. The summed E-state index contributed by atoms with van der Waals surface area (Å²) in [6.07, 6.45) is 14.9. The Labute approximate surface area is 177 Å². The number of amides is 1. The van der Waals surface area contributed by atoms with Gasteiger partial charge >= 0.3 is 35.5 Å². The fraction of sp³-hybridized carbons (Fsp3) is 0.900. The first-order chi connectivity index (χ1) is 11.5. The van der Waals surface area contributed by atoms with Crippen molar-refractivity contribution < 1.29 is 14.7 Å². The van der Waals surface area contributed by atoms with E-state index < -0.39 is 12.0 Å². The summed E-state index contributed by atoms with van der Waals surface area (Å²) in [4.78, 5) is 23.0. The summed E-state index contributed by atoms with van der Waals surface area (Å²) in [6, 6.07) is -0.754. The number of nitrogens with one attached hydrogen (secondary N) is 1. The fourth-order valence-corrected chi connectivity index (χ4v) is 2.88. The third-order valence-corrected chi connectivity index (χ3v) is 4.80. The van der Waals surface area contributed by atoms with E-state index in [9.17, 15) is 9.59 Å². The van der Waals surface area contributed by atoms with Crippen molar-refractivity contribution >= 4 is 41.4 Å². The van der Waals surface area contributed by atoms with Gasteiger partial charge in [-0.15, -0.1) is 0 Å². The van der Waals surface area contributed by atoms with Crippen LogP contribution in [0.1, 0.15) is 104 Å². The van der Waals surface area contributed by atoms with Gasteiger partial charge in [0.1, 0.15) is 6.04 Å². The number of carbonyl (C=O) groups excluding carboxylic acids is 1. The number of unbranched alkanes of at least 4 members (excludes halogenated alkanes) is 10. The van der Waals surface area contributed by atoms with Crippen molar-refractivity contribution in [1.82, 2.24) is 5.32 Å². The monoisotopic (exact) mass is 365 g/mol. The second-order valence-electron chi connectivity index (χ2n) is 7.05. The molecule has 2 N–H and O–H groups in total. The molecule has 2 unspecified atom stereocenters. The molecule has 0 saturated heterocycles. The summed E-state index contributed by atoms with van der Waals surface area (Å²) < 4.78 is 0. The van der Waals surface area contributed by atoms with Crippen molar-refractivity contribution in [3.05, 3.63) is 0 Å². The molecule has 4 nitrogen and oxygen atoms in total.